The highest BCUT2D eigenvalue weighted by Crippen LogP contribution is 2.23. The standard InChI is InChI=1S/C10H13N3OS2/c1-3-7-16-13-10(15-2)11-9(12-13)8-5-4-6-14-8/h4-6H,3,7H2,1-2H3. The molecule has 2 aromatic rings. The van der Waals surface area contributed by atoms with Gasteiger partial charge in [0.25, 0.3) is 0 Å². The topological polar surface area (TPSA) is 43.9 Å². The molecule has 0 unspecified atom stereocenters. The van der Waals surface area contributed by atoms with Crippen LogP contribution in [-0.4, -0.2) is 26.2 Å². The van der Waals surface area contributed by atoms with Gasteiger partial charge in [-0.2, -0.15) is 9.07 Å². The van der Waals surface area contributed by atoms with Gasteiger partial charge in [0.2, 0.25) is 5.82 Å². The molecule has 0 radical (unpaired) electrons. The first kappa shape index (κ1) is 11.6. The van der Waals surface area contributed by atoms with Crippen LogP contribution in [0.1, 0.15) is 13.3 Å². The van der Waals surface area contributed by atoms with Gasteiger partial charge in [-0.05, 0) is 36.8 Å². The number of nitrogens with zero attached hydrogens (tertiary/aromatic N) is 3. The lowest BCUT2D eigenvalue weighted by Crippen LogP contribution is -1.93. The molecule has 0 saturated heterocycles. The van der Waals surface area contributed by atoms with Gasteiger partial charge in [-0.3, -0.25) is 0 Å². The van der Waals surface area contributed by atoms with Gasteiger partial charge in [-0.1, -0.05) is 18.7 Å². The summed E-state index contributed by atoms with van der Waals surface area (Å²) in [6.07, 6.45) is 4.75. The van der Waals surface area contributed by atoms with Crippen LogP contribution in [-0.2, 0) is 0 Å². The lowest BCUT2D eigenvalue weighted by Gasteiger charge is -1.99. The summed E-state index contributed by atoms with van der Waals surface area (Å²) in [7, 11) is 0. The first-order chi connectivity index (χ1) is 7.85. The molecule has 0 saturated carbocycles. The molecule has 6 heteroatoms. The van der Waals surface area contributed by atoms with Gasteiger partial charge in [-0.25, -0.2) is 0 Å². The summed E-state index contributed by atoms with van der Waals surface area (Å²) in [5, 5.41) is 5.32. The van der Waals surface area contributed by atoms with E-state index in [9.17, 15) is 0 Å². The fourth-order valence-electron chi connectivity index (χ4n) is 1.18. The average molecular weight is 255 g/mol. The van der Waals surface area contributed by atoms with E-state index in [1.54, 1.807) is 30.0 Å². The van der Waals surface area contributed by atoms with Crippen molar-refractivity contribution in [1.82, 2.24) is 14.2 Å². The van der Waals surface area contributed by atoms with Crippen LogP contribution in [0.2, 0.25) is 0 Å². The van der Waals surface area contributed by atoms with E-state index >= 15 is 0 Å². The minimum Gasteiger partial charge on any atom is -0.461 e. The van der Waals surface area contributed by atoms with E-state index in [4.69, 9.17) is 4.42 Å². The van der Waals surface area contributed by atoms with E-state index < -0.39 is 0 Å². The van der Waals surface area contributed by atoms with E-state index in [0.717, 1.165) is 17.3 Å². The summed E-state index contributed by atoms with van der Waals surface area (Å²) in [6, 6.07) is 3.71. The van der Waals surface area contributed by atoms with Crippen LogP contribution in [0.3, 0.4) is 0 Å². The smallest absolute Gasteiger partial charge is 0.218 e. The first-order valence-corrected chi connectivity index (χ1v) is 7.20. The zero-order valence-corrected chi connectivity index (χ0v) is 10.8. The number of aromatic nitrogens is 3. The minimum absolute atomic E-state index is 0.651. The number of thioether (sulfide) groups is 1. The fourth-order valence-corrected chi connectivity index (χ4v) is 2.58. The molecule has 0 aliphatic heterocycles. The summed E-state index contributed by atoms with van der Waals surface area (Å²) in [4.78, 5) is 4.42. The van der Waals surface area contributed by atoms with Crippen molar-refractivity contribution in [3.63, 3.8) is 0 Å². The second-order valence-electron chi connectivity index (χ2n) is 3.11. The maximum absolute atomic E-state index is 5.28. The number of rotatable bonds is 5. The Morgan fingerprint density at radius 3 is 3.00 bits per heavy atom. The minimum atomic E-state index is 0.651. The lowest BCUT2D eigenvalue weighted by atomic mass is 10.4. The van der Waals surface area contributed by atoms with E-state index in [2.05, 4.69) is 17.0 Å². The lowest BCUT2D eigenvalue weighted by molar-refractivity contribution is 0.577. The second-order valence-corrected chi connectivity index (χ2v) is 4.89. The number of hydrogen-bond donors (Lipinski definition) is 0. The number of hydrogen-bond acceptors (Lipinski definition) is 5. The zero-order chi connectivity index (χ0) is 11.4. The Morgan fingerprint density at radius 1 is 1.50 bits per heavy atom. The highest BCUT2D eigenvalue weighted by atomic mass is 32.2. The molecule has 0 N–H and O–H groups in total. The van der Waals surface area contributed by atoms with Crippen LogP contribution < -0.4 is 0 Å². The molecule has 86 valence electrons. The first-order valence-electron chi connectivity index (χ1n) is 5.03. The van der Waals surface area contributed by atoms with Crippen molar-refractivity contribution in [2.75, 3.05) is 12.0 Å². The van der Waals surface area contributed by atoms with Crippen molar-refractivity contribution in [1.29, 1.82) is 0 Å². The molecule has 0 aromatic carbocycles. The van der Waals surface area contributed by atoms with Crippen LogP contribution in [0.4, 0.5) is 0 Å². The maximum Gasteiger partial charge on any atom is 0.218 e. The SMILES string of the molecule is CCCSn1nc(-c2ccco2)nc1SC. The average Bonchev–Trinajstić information content (AvgIpc) is 2.94. The summed E-state index contributed by atoms with van der Waals surface area (Å²) < 4.78 is 7.15. The van der Waals surface area contributed by atoms with Crippen LogP contribution in [0, 0.1) is 0 Å². The summed E-state index contributed by atoms with van der Waals surface area (Å²) >= 11 is 3.26. The molecule has 0 spiro atoms. The monoisotopic (exact) mass is 255 g/mol. The fraction of sp³-hybridized carbons (Fsp3) is 0.400. The molecular formula is C10H13N3OS2. The van der Waals surface area contributed by atoms with Crippen molar-refractivity contribution in [3.8, 4) is 11.6 Å². The highest BCUT2D eigenvalue weighted by Gasteiger charge is 2.12. The Bertz CT molecular complexity index is 439. The molecule has 0 atom stereocenters. The van der Waals surface area contributed by atoms with Gasteiger partial charge in [0.1, 0.15) is 0 Å². The van der Waals surface area contributed by atoms with E-state index in [0.29, 0.717) is 11.6 Å². The van der Waals surface area contributed by atoms with Crippen LogP contribution in [0.15, 0.2) is 28.0 Å². The van der Waals surface area contributed by atoms with Crippen molar-refractivity contribution < 1.29 is 4.42 Å². The summed E-state index contributed by atoms with van der Waals surface area (Å²) in [5.74, 6) is 2.40. The Morgan fingerprint density at radius 2 is 2.38 bits per heavy atom. The van der Waals surface area contributed by atoms with E-state index in [1.807, 2.05) is 22.5 Å². The van der Waals surface area contributed by atoms with Gasteiger partial charge in [-0.15, -0.1) is 5.10 Å². The molecule has 2 rings (SSSR count). The Hall–Kier alpha value is -0.880. The molecular weight excluding hydrogens is 242 g/mol. The van der Waals surface area contributed by atoms with Crippen LogP contribution in [0.25, 0.3) is 11.6 Å². The molecule has 0 amide bonds. The van der Waals surface area contributed by atoms with Crippen molar-refractivity contribution in [3.05, 3.63) is 18.4 Å². The number of furan rings is 1. The zero-order valence-electron chi connectivity index (χ0n) is 9.21. The highest BCUT2D eigenvalue weighted by molar-refractivity contribution is 8.00. The van der Waals surface area contributed by atoms with Gasteiger partial charge < -0.3 is 4.42 Å². The van der Waals surface area contributed by atoms with Gasteiger partial charge in [0.15, 0.2) is 10.9 Å². The van der Waals surface area contributed by atoms with E-state index in [1.165, 1.54) is 0 Å². The molecule has 2 heterocycles. The Labute approximate surface area is 103 Å². The molecule has 0 aliphatic rings. The molecule has 0 aliphatic carbocycles. The van der Waals surface area contributed by atoms with Crippen molar-refractivity contribution in [2.45, 2.75) is 18.5 Å². The Balaban J connectivity index is 2.25. The van der Waals surface area contributed by atoms with E-state index in [-0.39, 0.29) is 0 Å². The van der Waals surface area contributed by atoms with Crippen molar-refractivity contribution >= 4 is 23.7 Å². The normalized spacial score (nSPS) is 10.9. The second kappa shape index (κ2) is 5.45. The predicted octanol–water partition coefficient (Wildman–Crippen LogP) is 3.17. The van der Waals surface area contributed by atoms with Gasteiger partial charge >= 0.3 is 0 Å². The largest absolute Gasteiger partial charge is 0.461 e. The summed E-state index contributed by atoms with van der Waals surface area (Å²) in [5.41, 5.74) is 0. The molecule has 2 aromatic heterocycles. The van der Waals surface area contributed by atoms with Crippen LogP contribution >= 0.6 is 23.7 Å². The van der Waals surface area contributed by atoms with Crippen molar-refractivity contribution in [2.24, 2.45) is 0 Å². The van der Waals surface area contributed by atoms with Gasteiger partial charge in [0, 0.05) is 5.75 Å². The molecule has 0 bridgehead atoms. The third-order valence-electron chi connectivity index (χ3n) is 1.89. The third-order valence-corrected chi connectivity index (χ3v) is 3.73. The quantitative estimate of drug-likeness (QED) is 0.768. The maximum atomic E-state index is 5.28. The summed E-state index contributed by atoms with van der Waals surface area (Å²) in [6.45, 7) is 2.15. The third kappa shape index (κ3) is 2.44. The molecule has 16 heavy (non-hydrogen) atoms. The predicted molar refractivity (Wildman–Crippen MR) is 67.7 cm³/mol. The van der Waals surface area contributed by atoms with Crippen LogP contribution in [0.5, 0.6) is 0 Å². The van der Waals surface area contributed by atoms with Gasteiger partial charge in [0.05, 0.1) is 6.26 Å². The molecule has 0 fully saturated rings. The molecule has 4 nitrogen and oxygen atoms in total. The Kier molecular flexibility index (Phi) is 3.95.